The van der Waals surface area contributed by atoms with Gasteiger partial charge in [-0.1, -0.05) is 11.6 Å². The summed E-state index contributed by atoms with van der Waals surface area (Å²) in [7, 11) is 0. The number of piperidine rings is 1. The van der Waals surface area contributed by atoms with Gasteiger partial charge >= 0.3 is 5.97 Å². The van der Waals surface area contributed by atoms with Gasteiger partial charge < -0.3 is 19.5 Å². The Labute approximate surface area is 153 Å². The van der Waals surface area contributed by atoms with Crippen molar-refractivity contribution in [3.8, 4) is 11.5 Å². The molecule has 1 fully saturated rings. The Balaban J connectivity index is 1.43. The van der Waals surface area contributed by atoms with Gasteiger partial charge in [-0.3, -0.25) is 9.48 Å². The Morgan fingerprint density at radius 1 is 1.19 bits per heavy atom. The van der Waals surface area contributed by atoms with E-state index in [1.54, 1.807) is 21.7 Å². The van der Waals surface area contributed by atoms with Crippen molar-refractivity contribution in [1.29, 1.82) is 0 Å². The number of ether oxygens (including phenoxy) is 2. The van der Waals surface area contributed by atoms with Crippen LogP contribution in [0.2, 0.25) is 5.02 Å². The second-order valence-corrected chi connectivity index (χ2v) is 6.64. The van der Waals surface area contributed by atoms with E-state index in [2.05, 4.69) is 5.10 Å². The number of benzene rings is 1. The summed E-state index contributed by atoms with van der Waals surface area (Å²) in [4.78, 5) is 25.5. The average Bonchev–Trinajstić information content (AvgIpc) is 3.31. The molecule has 2 aliphatic heterocycles. The monoisotopic (exact) mass is 377 g/mol. The molecule has 1 saturated heterocycles. The number of carbonyl (C=O) groups excluding carboxylic acids is 1. The Bertz CT molecular complexity index is 873. The fourth-order valence-electron chi connectivity index (χ4n) is 3.26. The lowest BCUT2D eigenvalue weighted by atomic mass is 10.0. The summed E-state index contributed by atoms with van der Waals surface area (Å²) < 4.78 is 12.2. The van der Waals surface area contributed by atoms with Crippen molar-refractivity contribution in [1.82, 2.24) is 14.7 Å². The van der Waals surface area contributed by atoms with Crippen molar-refractivity contribution in [2.24, 2.45) is 0 Å². The number of carboxylic acids is 1. The van der Waals surface area contributed by atoms with Gasteiger partial charge in [0.2, 0.25) is 6.79 Å². The van der Waals surface area contributed by atoms with Crippen molar-refractivity contribution in [2.45, 2.75) is 18.9 Å². The highest BCUT2D eigenvalue weighted by Gasteiger charge is 2.27. The number of halogens is 1. The first-order valence-corrected chi connectivity index (χ1v) is 8.56. The molecule has 4 rings (SSSR count). The van der Waals surface area contributed by atoms with E-state index >= 15 is 0 Å². The molecule has 0 radical (unpaired) electrons. The number of amides is 1. The zero-order valence-electron chi connectivity index (χ0n) is 13.7. The van der Waals surface area contributed by atoms with Crippen LogP contribution in [-0.2, 0) is 0 Å². The van der Waals surface area contributed by atoms with Gasteiger partial charge in [0.15, 0.2) is 11.5 Å². The lowest BCUT2D eigenvalue weighted by Gasteiger charge is -2.32. The maximum absolute atomic E-state index is 12.8. The van der Waals surface area contributed by atoms with Crippen molar-refractivity contribution in [3.05, 3.63) is 40.7 Å². The maximum Gasteiger partial charge on any atom is 0.338 e. The number of rotatable bonds is 3. The fourth-order valence-corrected chi connectivity index (χ4v) is 3.52. The van der Waals surface area contributed by atoms with E-state index in [1.165, 1.54) is 12.4 Å². The molecule has 0 bridgehead atoms. The SMILES string of the molecule is O=C(O)c1cnn(C2CCN(C(=O)c3cc(Cl)c4c(c3)OCO4)CC2)c1. The number of hydrogen-bond donors (Lipinski definition) is 1. The number of aromatic carboxylic acids is 1. The lowest BCUT2D eigenvalue weighted by Crippen LogP contribution is -2.39. The molecule has 0 saturated carbocycles. The van der Waals surface area contributed by atoms with Crippen LogP contribution in [0.25, 0.3) is 0 Å². The molecule has 3 heterocycles. The van der Waals surface area contributed by atoms with Gasteiger partial charge in [0, 0.05) is 24.8 Å². The minimum absolute atomic E-state index is 0.0764. The van der Waals surface area contributed by atoms with Crippen LogP contribution in [0.15, 0.2) is 24.5 Å². The third-order valence-corrected chi connectivity index (χ3v) is 4.93. The zero-order valence-corrected chi connectivity index (χ0v) is 14.5. The summed E-state index contributed by atoms with van der Waals surface area (Å²) in [5, 5.41) is 13.5. The number of likely N-dealkylation sites (tertiary alicyclic amines) is 1. The van der Waals surface area contributed by atoms with Gasteiger partial charge in [-0.15, -0.1) is 0 Å². The zero-order chi connectivity index (χ0) is 18.3. The van der Waals surface area contributed by atoms with Crippen LogP contribution in [0.4, 0.5) is 0 Å². The summed E-state index contributed by atoms with van der Waals surface area (Å²) in [5.74, 6) is -0.165. The van der Waals surface area contributed by atoms with Gasteiger partial charge in [-0.25, -0.2) is 4.79 Å². The normalized spacial score (nSPS) is 16.7. The molecule has 1 N–H and O–H groups in total. The van der Waals surface area contributed by atoms with Crippen LogP contribution in [-0.4, -0.2) is 51.5 Å². The van der Waals surface area contributed by atoms with Crippen LogP contribution in [0.1, 0.15) is 39.6 Å². The molecule has 1 aromatic heterocycles. The number of hydrogen-bond acceptors (Lipinski definition) is 5. The van der Waals surface area contributed by atoms with Gasteiger partial charge in [-0.05, 0) is 25.0 Å². The molecule has 2 aliphatic rings. The summed E-state index contributed by atoms with van der Waals surface area (Å²) in [6, 6.07) is 3.32. The summed E-state index contributed by atoms with van der Waals surface area (Å²) in [6.07, 6.45) is 4.27. The summed E-state index contributed by atoms with van der Waals surface area (Å²) in [5.41, 5.74) is 0.628. The Hall–Kier alpha value is -2.74. The Morgan fingerprint density at radius 2 is 1.96 bits per heavy atom. The van der Waals surface area contributed by atoms with Gasteiger partial charge in [0.05, 0.1) is 22.8 Å². The highest BCUT2D eigenvalue weighted by atomic mass is 35.5. The quantitative estimate of drug-likeness (QED) is 0.882. The van der Waals surface area contributed by atoms with Crippen molar-refractivity contribution < 1.29 is 24.2 Å². The second kappa shape index (κ2) is 6.53. The summed E-state index contributed by atoms with van der Waals surface area (Å²) in [6.45, 7) is 1.20. The number of aromatic nitrogens is 2. The first-order valence-electron chi connectivity index (χ1n) is 8.19. The van der Waals surface area contributed by atoms with Crippen LogP contribution >= 0.6 is 11.6 Å². The molecule has 0 unspecified atom stereocenters. The Morgan fingerprint density at radius 3 is 2.65 bits per heavy atom. The van der Waals surface area contributed by atoms with E-state index < -0.39 is 5.97 Å². The van der Waals surface area contributed by atoms with Gasteiger partial charge in [0.1, 0.15) is 0 Å². The van der Waals surface area contributed by atoms with E-state index in [-0.39, 0.29) is 24.3 Å². The van der Waals surface area contributed by atoms with Crippen LogP contribution in [0.5, 0.6) is 11.5 Å². The smallest absolute Gasteiger partial charge is 0.338 e. The summed E-state index contributed by atoms with van der Waals surface area (Å²) >= 11 is 6.15. The molecule has 0 aliphatic carbocycles. The number of carbonyl (C=O) groups is 2. The van der Waals surface area contributed by atoms with Gasteiger partial charge in [-0.2, -0.15) is 5.10 Å². The Kier molecular flexibility index (Phi) is 4.20. The molecule has 8 nitrogen and oxygen atoms in total. The maximum atomic E-state index is 12.8. The molecule has 26 heavy (non-hydrogen) atoms. The molecule has 136 valence electrons. The number of fused-ring (bicyclic) bond motifs is 1. The van der Waals surface area contributed by atoms with E-state index in [0.29, 0.717) is 48.0 Å². The first kappa shape index (κ1) is 16.7. The molecular formula is C17H16ClN3O5. The predicted molar refractivity (Wildman–Crippen MR) is 90.9 cm³/mol. The molecular weight excluding hydrogens is 362 g/mol. The topological polar surface area (TPSA) is 93.9 Å². The average molecular weight is 378 g/mol. The first-order chi connectivity index (χ1) is 12.5. The molecule has 9 heteroatoms. The number of carboxylic acid groups (broad SMARTS) is 1. The second-order valence-electron chi connectivity index (χ2n) is 6.23. The standard InChI is InChI=1S/C17H16ClN3O5/c18-13-5-10(6-14-15(13)26-9-25-14)16(22)20-3-1-12(2-4-20)21-8-11(7-19-21)17(23)24/h5-8,12H,1-4,9H2,(H,23,24). The molecule has 1 amide bonds. The van der Waals surface area contributed by atoms with E-state index in [4.69, 9.17) is 26.2 Å². The largest absolute Gasteiger partial charge is 0.478 e. The van der Waals surface area contributed by atoms with E-state index in [9.17, 15) is 9.59 Å². The lowest BCUT2D eigenvalue weighted by molar-refractivity contribution is 0.0688. The fraction of sp³-hybridized carbons (Fsp3) is 0.353. The van der Waals surface area contributed by atoms with Crippen molar-refractivity contribution in [3.63, 3.8) is 0 Å². The minimum atomic E-state index is -0.997. The molecule has 2 aromatic rings. The highest BCUT2D eigenvalue weighted by Crippen LogP contribution is 2.40. The molecule has 1 aromatic carbocycles. The van der Waals surface area contributed by atoms with E-state index in [0.717, 1.165) is 0 Å². The van der Waals surface area contributed by atoms with Gasteiger partial charge in [0.25, 0.3) is 5.91 Å². The van der Waals surface area contributed by atoms with Crippen LogP contribution in [0, 0.1) is 0 Å². The van der Waals surface area contributed by atoms with Crippen molar-refractivity contribution >= 4 is 23.5 Å². The number of nitrogens with zero attached hydrogens (tertiary/aromatic N) is 3. The minimum Gasteiger partial charge on any atom is -0.478 e. The van der Waals surface area contributed by atoms with Crippen LogP contribution in [0.3, 0.4) is 0 Å². The third kappa shape index (κ3) is 2.96. The highest BCUT2D eigenvalue weighted by molar-refractivity contribution is 6.32. The molecule has 0 atom stereocenters. The van der Waals surface area contributed by atoms with Crippen molar-refractivity contribution in [2.75, 3.05) is 19.9 Å². The third-order valence-electron chi connectivity index (χ3n) is 4.65. The van der Waals surface area contributed by atoms with Crippen LogP contribution < -0.4 is 9.47 Å². The van der Waals surface area contributed by atoms with E-state index in [1.807, 2.05) is 0 Å². The predicted octanol–water partition coefficient (Wildman–Crippen LogP) is 2.44. The molecule has 0 spiro atoms.